The summed E-state index contributed by atoms with van der Waals surface area (Å²) in [7, 11) is 0. The SMILES string of the molecule is C=C(C)NC(CC)C[C@H](C)CC. The van der Waals surface area contributed by atoms with E-state index in [2.05, 4.69) is 32.7 Å². The lowest BCUT2D eigenvalue weighted by atomic mass is 9.98. The van der Waals surface area contributed by atoms with E-state index in [1.54, 1.807) is 0 Å². The van der Waals surface area contributed by atoms with Gasteiger partial charge in [-0.25, -0.2) is 0 Å². The van der Waals surface area contributed by atoms with Crippen molar-refractivity contribution in [2.24, 2.45) is 5.92 Å². The van der Waals surface area contributed by atoms with Crippen molar-refractivity contribution in [2.45, 2.75) is 53.0 Å². The molecule has 0 fully saturated rings. The molecular formula is C11H23N. The van der Waals surface area contributed by atoms with E-state index in [1.165, 1.54) is 19.3 Å². The molecule has 1 heteroatoms. The molecular weight excluding hydrogens is 146 g/mol. The first kappa shape index (κ1) is 11.5. The van der Waals surface area contributed by atoms with E-state index < -0.39 is 0 Å². The second kappa shape index (κ2) is 6.10. The van der Waals surface area contributed by atoms with E-state index in [-0.39, 0.29) is 0 Å². The minimum absolute atomic E-state index is 0.623. The Labute approximate surface area is 77.2 Å². The Bertz CT molecular complexity index is 129. The van der Waals surface area contributed by atoms with E-state index in [0.29, 0.717) is 6.04 Å². The number of hydrogen-bond acceptors (Lipinski definition) is 1. The molecule has 2 atom stereocenters. The molecule has 12 heavy (non-hydrogen) atoms. The zero-order valence-electron chi connectivity index (χ0n) is 8.98. The lowest BCUT2D eigenvalue weighted by molar-refractivity contribution is 0.407. The number of allylic oxidation sites excluding steroid dienone is 1. The maximum Gasteiger partial charge on any atom is 0.0257 e. The third kappa shape index (κ3) is 5.22. The monoisotopic (exact) mass is 169 g/mol. The Morgan fingerprint density at radius 2 is 1.92 bits per heavy atom. The molecule has 0 spiro atoms. The summed E-state index contributed by atoms with van der Waals surface area (Å²) in [5.74, 6) is 0.821. The summed E-state index contributed by atoms with van der Waals surface area (Å²) in [5, 5.41) is 3.40. The van der Waals surface area contributed by atoms with Gasteiger partial charge in [0.25, 0.3) is 0 Å². The van der Waals surface area contributed by atoms with Crippen molar-refractivity contribution in [1.82, 2.24) is 5.32 Å². The van der Waals surface area contributed by atoms with Gasteiger partial charge in [-0.2, -0.15) is 0 Å². The molecule has 1 nitrogen and oxygen atoms in total. The zero-order chi connectivity index (χ0) is 9.56. The Balaban J connectivity index is 3.74. The van der Waals surface area contributed by atoms with Crippen LogP contribution in [-0.4, -0.2) is 6.04 Å². The Morgan fingerprint density at radius 3 is 2.25 bits per heavy atom. The van der Waals surface area contributed by atoms with Crippen molar-refractivity contribution in [3.63, 3.8) is 0 Å². The molecule has 0 radical (unpaired) electrons. The highest BCUT2D eigenvalue weighted by molar-refractivity contribution is 4.88. The van der Waals surface area contributed by atoms with Crippen molar-refractivity contribution in [1.29, 1.82) is 0 Å². The first-order chi connectivity index (χ1) is 5.60. The minimum Gasteiger partial charge on any atom is -0.386 e. The standard InChI is InChI=1S/C11H23N/c1-6-10(5)8-11(7-2)12-9(3)4/h10-12H,3,6-8H2,1-2,4-5H3/t10-,11?/m1/s1. The van der Waals surface area contributed by atoms with Crippen LogP contribution in [0.15, 0.2) is 12.3 Å². The van der Waals surface area contributed by atoms with Gasteiger partial charge in [0.15, 0.2) is 0 Å². The molecule has 0 rings (SSSR count). The maximum absolute atomic E-state index is 3.86. The summed E-state index contributed by atoms with van der Waals surface area (Å²) < 4.78 is 0. The predicted octanol–water partition coefficient (Wildman–Crippen LogP) is 3.32. The molecule has 0 bridgehead atoms. The first-order valence-electron chi connectivity index (χ1n) is 5.02. The van der Waals surface area contributed by atoms with Gasteiger partial charge in [-0.05, 0) is 25.7 Å². The summed E-state index contributed by atoms with van der Waals surface area (Å²) in [4.78, 5) is 0. The molecule has 0 aliphatic heterocycles. The third-order valence-electron chi connectivity index (χ3n) is 2.33. The minimum atomic E-state index is 0.623. The molecule has 0 heterocycles. The first-order valence-corrected chi connectivity index (χ1v) is 5.02. The Hall–Kier alpha value is -0.460. The molecule has 72 valence electrons. The largest absolute Gasteiger partial charge is 0.386 e. The fourth-order valence-corrected chi connectivity index (χ4v) is 1.33. The van der Waals surface area contributed by atoms with Crippen LogP contribution in [0.4, 0.5) is 0 Å². The van der Waals surface area contributed by atoms with Gasteiger partial charge in [0.1, 0.15) is 0 Å². The van der Waals surface area contributed by atoms with Crippen LogP contribution in [0.5, 0.6) is 0 Å². The highest BCUT2D eigenvalue weighted by Crippen LogP contribution is 2.12. The molecule has 0 amide bonds. The summed E-state index contributed by atoms with van der Waals surface area (Å²) in [6, 6.07) is 0.623. The van der Waals surface area contributed by atoms with Crippen molar-refractivity contribution < 1.29 is 0 Å². The molecule has 1 unspecified atom stereocenters. The van der Waals surface area contributed by atoms with E-state index in [4.69, 9.17) is 0 Å². The van der Waals surface area contributed by atoms with Crippen LogP contribution in [-0.2, 0) is 0 Å². The van der Waals surface area contributed by atoms with Gasteiger partial charge in [-0.1, -0.05) is 33.8 Å². The van der Waals surface area contributed by atoms with E-state index in [1.807, 2.05) is 6.92 Å². The Morgan fingerprint density at radius 1 is 1.33 bits per heavy atom. The average molecular weight is 169 g/mol. The lowest BCUT2D eigenvalue weighted by Gasteiger charge is -2.21. The molecule has 0 saturated carbocycles. The van der Waals surface area contributed by atoms with Crippen LogP contribution in [0.25, 0.3) is 0 Å². The van der Waals surface area contributed by atoms with Crippen LogP contribution in [0, 0.1) is 5.92 Å². The fraction of sp³-hybridized carbons (Fsp3) is 0.818. The van der Waals surface area contributed by atoms with Crippen LogP contribution in [0.2, 0.25) is 0 Å². The van der Waals surface area contributed by atoms with Gasteiger partial charge in [-0.3, -0.25) is 0 Å². The van der Waals surface area contributed by atoms with Crippen molar-refractivity contribution in [3.8, 4) is 0 Å². The molecule has 1 N–H and O–H groups in total. The number of nitrogens with one attached hydrogen (secondary N) is 1. The van der Waals surface area contributed by atoms with Gasteiger partial charge in [0, 0.05) is 11.7 Å². The van der Waals surface area contributed by atoms with Gasteiger partial charge < -0.3 is 5.32 Å². The van der Waals surface area contributed by atoms with E-state index in [0.717, 1.165) is 11.6 Å². The highest BCUT2D eigenvalue weighted by Gasteiger charge is 2.08. The van der Waals surface area contributed by atoms with Crippen LogP contribution in [0.3, 0.4) is 0 Å². The number of hydrogen-bond donors (Lipinski definition) is 1. The van der Waals surface area contributed by atoms with Crippen molar-refractivity contribution in [3.05, 3.63) is 12.3 Å². The molecule has 0 saturated heterocycles. The summed E-state index contributed by atoms with van der Waals surface area (Å²) in [6.07, 6.45) is 3.73. The van der Waals surface area contributed by atoms with Gasteiger partial charge in [0.2, 0.25) is 0 Å². The Kier molecular flexibility index (Phi) is 5.87. The zero-order valence-corrected chi connectivity index (χ0v) is 8.98. The maximum atomic E-state index is 3.86. The fourth-order valence-electron chi connectivity index (χ4n) is 1.33. The molecule has 0 aromatic carbocycles. The van der Waals surface area contributed by atoms with Crippen molar-refractivity contribution in [2.75, 3.05) is 0 Å². The molecule has 0 aliphatic rings. The van der Waals surface area contributed by atoms with Crippen LogP contribution < -0.4 is 5.32 Å². The van der Waals surface area contributed by atoms with Crippen LogP contribution in [0.1, 0.15) is 47.0 Å². The second-order valence-electron chi connectivity index (χ2n) is 3.78. The normalized spacial score (nSPS) is 15.3. The summed E-state index contributed by atoms with van der Waals surface area (Å²) >= 11 is 0. The topological polar surface area (TPSA) is 12.0 Å². The lowest BCUT2D eigenvalue weighted by Crippen LogP contribution is -2.28. The quantitative estimate of drug-likeness (QED) is 0.643. The second-order valence-corrected chi connectivity index (χ2v) is 3.78. The number of rotatable bonds is 6. The van der Waals surface area contributed by atoms with Gasteiger partial charge >= 0.3 is 0 Å². The molecule has 0 aromatic rings. The van der Waals surface area contributed by atoms with Gasteiger partial charge in [0.05, 0.1) is 0 Å². The van der Waals surface area contributed by atoms with E-state index in [9.17, 15) is 0 Å². The predicted molar refractivity (Wildman–Crippen MR) is 56.1 cm³/mol. The highest BCUT2D eigenvalue weighted by atomic mass is 14.9. The third-order valence-corrected chi connectivity index (χ3v) is 2.33. The summed E-state index contributed by atoms with van der Waals surface area (Å²) in [6.45, 7) is 12.7. The molecule has 0 aromatic heterocycles. The van der Waals surface area contributed by atoms with Crippen molar-refractivity contribution >= 4 is 0 Å². The summed E-state index contributed by atoms with van der Waals surface area (Å²) in [5.41, 5.74) is 1.09. The van der Waals surface area contributed by atoms with Gasteiger partial charge in [-0.15, -0.1) is 0 Å². The van der Waals surface area contributed by atoms with Crippen LogP contribution >= 0.6 is 0 Å². The van der Waals surface area contributed by atoms with E-state index >= 15 is 0 Å². The average Bonchev–Trinajstić information content (AvgIpc) is 2.02. The smallest absolute Gasteiger partial charge is 0.0257 e. The molecule has 0 aliphatic carbocycles.